The van der Waals surface area contributed by atoms with Gasteiger partial charge >= 0.3 is 13.8 Å². The first-order chi connectivity index (χ1) is 29.6. The smallest absolute Gasteiger partial charge is 0.457 e. The lowest BCUT2D eigenvalue weighted by atomic mass is 10.0. The van der Waals surface area contributed by atoms with Gasteiger partial charge in [0, 0.05) is 13.0 Å². The number of ether oxygens (including phenoxy) is 2. The molecule has 0 aromatic carbocycles. The Kier molecular flexibility index (Phi) is 44.3. The van der Waals surface area contributed by atoms with Crippen molar-refractivity contribution in [1.29, 1.82) is 0 Å². The highest BCUT2D eigenvalue weighted by molar-refractivity contribution is 7.47. The molecule has 0 aliphatic rings. The Bertz CT molecular complexity index is 1070. The van der Waals surface area contributed by atoms with Crippen LogP contribution in [0.1, 0.15) is 232 Å². The van der Waals surface area contributed by atoms with Crippen molar-refractivity contribution in [2.75, 3.05) is 54.1 Å². The van der Waals surface area contributed by atoms with Gasteiger partial charge in [-0.2, -0.15) is 0 Å². The molecule has 0 saturated heterocycles. The maximum Gasteiger partial charge on any atom is 0.472 e. The number of rotatable bonds is 48. The zero-order chi connectivity index (χ0) is 44.8. The molecule has 0 saturated carbocycles. The van der Waals surface area contributed by atoms with Gasteiger partial charge in [-0.1, -0.05) is 211 Å². The van der Waals surface area contributed by atoms with E-state index in [1.807, 2.05) is 21.1 Å². The van der Waals surface area contributed by atoms with Crippen molar-refractivity contribution in [3.8, 4) is 0 Å². The minimum atomic E-state index is -4.28. The second-order valence-corrected chi connectivity index (χ2v) is 20.0. The van der Waals surface area contributed by atoms with Gasteiger partial charge in [0.15, 0.2) is 0 Å². The zero-order valence-corrected chi connectivity index (χ0v) is 41.8. The van der Waals surface area contributed by atoms with Crippen LogP contribution in [0.2, 0.25) is 0 Å². The van der Waals surface area contributed by atoms with E-state index in [2.05, 4.69) is 50.3 Å². The van der Waals surface area contributed by atoms with Gasteiger partial charge in [0.2, 0.25) is 0 Å². The summed E-state index contributed by atoms with van der Waals surface area (Å²) in [7, 11) is 1.67. The number of phosphoric ester groups is 1. The van der Waals surface area contributed by atoms with Gasteiger partial charge in [0.1, 0.15) is 19.3 Å². The number of likely N-dealkylation sites (N-methyl/N-ethyl adjacent to an activating group) is 1. The number of hydrogen-bond donors (Lipinski definition) is 1. The van der Waals surface area contributed by atoms with Crippen LogP contribution >= 0.6 is 7.82 Å². The van der Waals surface area contributed by atoms with E-state index < -0.39 is 13.9 Å². The monoisotopic (exact) mass is 883 g/mol. The number of allylic oxidation sites excluding steroid dienone is 6. The molecule has 0 heterocycles. The van der Waals surface area contributed by atoms with Crippen LogP contribution in [0.25, 0.3) is 0 Å². The van der Waals surface area contributed by atoms with Gasteiger partial charge in [-0.15, -0.1) is 0 Å². The van der Waals surface area contributed by atoms with Gasteiger partial charge in [-0.25, -0.2) is 4.57 Å². The van der Waals surface area contributed by atoms with Gasteiger partial charge < -0.3 is 18.9 Å². The van der Waals surface area contributed by atoms with E-state index in [1.54, 1.807) is 0 Å². The summed E-state index contributed by atoms with van der Waals surface area (Å²) >= 11 is 0. The van der Waals surface area contributed by atoms with Crippen molar-refractivity contribution in [3.63, 3.8) is 0 Å². The van der Waals surface area contributed by atoms with E-state index >= 15 is 0 Å². The number of quaternary nitrogens is 1. The number of carbonyl (C=O) groups is 1. The molecule has 0 bridgehead atoms. The average molecular weight is 883 g/mol. The standard InChI is InChI=1S/C52H100NO7P/c1-6-8-10-12-14-16-18-20-22-24-25-26-27-28-29-30-31-33-35-37-39-41-43-45-52(54)60-51(50-59-61(55,56)58-48-46-53(3,4)5)49-57-47-44-42-40-38-36-34-32-23-21-19-17-15-13-11-9-7-2/h18,20,24-25,27-28,51H,6-17,19,21-23,26,29-50H2,1-5H3/p+1/b20-18-,25-24-,28-27-. The first-order valence-electron chi connectivity index (χ1n) is 25.7. The highest BCUT2D eigenvalue weighted by Crippen LogP contribution is 2.43. The molecule has 2 unspecified atom stereocenters. The molecule has 0 aromatic heterocycles. The molecule has 2 atom stereocenters. The largest absolute Gasteiger partial charge is 0.472 e. The molecule has 360 valence electrons. The third-order valence-electron chi connectivity index (χ3n) is 11.2. The first-order valence-corrected chi connectivity index (χ1v) is 27.2. The van der Waals surface area contributed by atoms with Crippen molar-refractivity contribution >= 4 is 13.8 Å². The Balaban J connectivity index is 4.14. The second-order valence-electron chi connectivity index (χ2n) is 18.6. The maximum absolute atomic E-state index is 12.8. The van der Waals surface area contributed by atoms with Crippen molar-refractivity contribution in [1.82, 2.24) is 0 Å². The summed E-state index contributed by atoms with van der Waals surface area (Å²) in [6.07, 6.45) is 54.7. The summed E-state index contributed by atoms with van der Waals surface area (Å²) in [6.45, 7) is 5.64. The fourth-order valence-corrected chi connectivity index (χ4v) is 7.95. The Morgan fingerprint density at radius 2 is 0.902 bits per heavy atom. The lowest BCUT2D eigenvalue weighted by Gasteiger charge is -2.24. The molecule has 0 radical (unpaired) electrons. The van der Waals surface area contributed by atoms with Gasteiger partial charge in [-0.05, 0) is 51.4 Å². The fourth-order valence-electron chi connectivity index (χ4n) is 7.21. The average Bonchev–Trinajstić information content (AvgIpc) is 3.22. The molecule has 0 aliphatic heterocycles. The minimum Gasteiger partial charge on any atom is -0.457 e. The summed E-state index contributed by atoms with van der Waals surface area (Å²) < 4.78 is 35.1. The predicted octanol–water partition coefficient (Wildman–Crippen LogP) is 15.7. The number of esters is 1. The number of nitrogens with zero attached hydrogens (tertiary/aromatic N) is 1. The SMILES string of the molecule is CCCCCCC/C=C\C/C=C\C/C=C\CCCCCCCCCCC(=O)OC(COCCCCCCCCCCCCCCCCCC)COP(=O)(O)OCC[N+](C)(C)C. The Morgan fingerprint density at radius 3 is 1.34 bits per heavy atom. The van der Waals surface area contributed by atoms with E-state index in [9.17, 15) is 14.3 Å². The van der Waals surface area contributed by atoms with Gasteiger partial charge in [-0.3, -0.25) is 13.8 Å². The van der Waals surface area contributed by atoms with E-state index in [4.69, 9.17) is 18.5 Å². The van der Waals surface area contributed by atoms with Crippen LogP contribution in [0.4, 0.5) is 0 Å². The summed E-state index contributed by atoms with van der Waals surface area (Å²) in [5, 5.41) is 0. The van der Waals surface area contributed by atoms with Gasteiger partial charge in [0.25, 0.3) is 0 Å². The third kappa shape index (κ3) is 49.6. The Hall–Kier alpha value is -1.28. The van der Waals surface area contributed by atoms with Crippen molar-refractivity contribution < 1.29 is 37.3 Å². The predicted molar refractivity (Wildman–Crippen MR) is 261 cm³/mol. The molecule has 8 nitrogen and oxygen atoms in total. The number of carbonyl (C=O) groups excluding carboxylic acids is 1. The van der Waals surface area contributed by atoms with Crippen LogP contribution in [0, 0.1) is 0 Å². The van der Waals surface area contributed by atoms with Crippen LogP contribution < -0.4 is 0 Å². The normalized spacial score (nSPS) is 13.9. The van der Waals surface area contributed by atoms with Gasteiger partial charge in [0.05, 0.1) is 34.4 Å². The zero-order valence-electron chi connectivity index (χ0n) is 40.9. The van der Waals surface area contributed by atoms with Crippen LogP contribution in [0.5, 0.6) is 0 Å². The summed E-state index contributed by atoms with van der Waals surface area (Å²) in [5.41, 5.74) is 0. The molecule has 1 N–H and O–H groups in total. The van der Waals surface area contributed by atoms with E-state index in [1.165, 1.54) is 161 Å². The molecule has 0 fully saturated rings. The Labute approximate surface area is 378 Å². The molecule has 0 spiro atoms. The minimum absolute atomic E-state index is 0.0881. The molecule has 61 heavy (non-hydrogen) atoms. The van der Waals surface area contributed by atoms with Crippen molar-refractivity contribution in [3.05, 3.63) is 36.5 Å². The van der Waals surface area contributed by atoms with Crippen molar-refractivity contribution in [2.45, 2.75) is 238 Å². The molecule has 0 rings (SSSR count). The van der Waals surface area contributed by atoms with E-state index in [0.29, 0.717) is 24.1 Å². The number of hydrogen-bond acceptors (Lipinski definition) is 6. The number of phosphoric acid groups is 1. The lowest BCUT2D eigenvalue weighted by Crippen LogP contribution is -2.37. The number of unbranched alkanes of at least 4 members (excludes halogenated alkanes) is 28. The van der Waals surface area contributed by atoms with E-state index in [-0.39, 0.29) is 25.8 Å². The molecule has 9 heteroatoms. The van der Waals surface area contributed by atoms with Crippen LogP contribution in [-0.2, 0) is 27.9 Å². The third-order valence-corrected chi connectivity index (χ3v) is 12.2. The summed E-state index contributed by atoms with van der Waals surface area (Å²) in [5.74, 6) is -0.317. The quantitative estimate of drug-likeness (QED) is 0.0214. The van der Waals surface area contributed by atoms with E-state index in [0.717, 1.165) is 51.4 Å². The molecule has 0 aromatic rings. The summed E-state index contributed by atoms with van der Waals surface area (Å²) in [4.78, 5) is 23.0. The molecule has 0 aliphatic carbocycles. The Morgan fingerprint density at radius 1 is 0.508 bits per heavy atom. The topological polar surface area (TPSA) is 91.3 Å². The van der Waals surface area contributed by atoms with Crippen LogP contribution in [0.15, 0.2) is 36.5 Å². The van der Waals surface area contributed by atoms with Crippen molar-refractivity contribution in [2.24, 2.45) is 0 Å². The first kappa shape index (κ1) is 59.7. The lowest BCUT2D eigenvalue weighted by molar-refractivity contribution is -0.870. The molecule has 0 amide bonds. The van der Waals surface area contributed by atoms with Crippen LogP contribution in [-0.4, -0.2) is 75.6 Å². The highest BCUT2D eigenvalue weighted by Gasteiger charge is 2.26. The molecular weight excluding hydrogens is 782 g/mol. The second kappa shape index (κ2) is 45.3. The maximum atomic E-state index is 12.8. The fraction of sp³-hybridized carbons (Fsp3) is 0.865. The van der Waals surface area contributed by atoms with Crippen LogP contribution in [0.3, 0.4) is 0 Å². The molecular formula is C52H101NO7P+. The highest BCUT2D eigenvalue weighted by atomic mass is 31.2. The summed E-state index contributed by atoms with van der Waals surface area (Å²) in [6, 6.07) is 0.